The van der Waals surface area contributed by atoms with Gasteiger partial charge in [0, 0.05) is 6.04 Å². The van der Waals surface area contributed by atoms with Crippen LogP contribution in [0.3, 0.4) is 0 Å². The summed E-state index contributed by atoms with van der Waals surface area (Å²) in [5.74, 6) is -0.260. The average Bonchev–Trinajstić information content (AvgIpc) is 2.23. The molecule has 0 aromatic heterocycles. The number of methoxy groups -OCH3 is 1. The zero-order valence-electron chi connectivity index (χ0n) is 11.4. The van der Waals surface area contributed by atoms with Crippen molar-refractivity contribution in [3.05, 3.63) is 0 Å². The number of amides is 1. The summed E-state index contributed by atoms with van der Waals surface area (Å²) < 4.78 is 4.67. The molecule has 0 aliphatic carbocycles. The Morgan fingerprint density at radius 3 is 2.18 bits per heavy atom. The molecular formula is C12H24N2O3. The van der Waals surface area contributed by atoms with Gasteiger partial charge in [0.25, 0.3) is 0 Å². The molecule has 100 valence electrons. The summed E-state index contributed by atoms with van der Waals surface area (Å²) in [6.07, 6.45) is 0.583. The molecule has 5 heteroatoms. The molecule has 0 heterocycles. The molecule has 0 unspecified atom stereocenters. The van der Waals surface area contributed by atoms with Crippen LogP contribution in [0.15, 0.2) is 0 Å². The Morgan fingerprint density at radius 1 is 1.18 bits per heavy atom. The van der Waals surface area contributed by atoms with Crippen LogP contribution in [0.2, 0.25) is 0 Å². The van der Waals surface area contributed by atoms with Gasteiger partial charge in [-0.3, -0.25) is 4.79 Å². The van der Waals surface area contributed by atoms with Gasteiger partial charge in [-0.25, -0.2) is 4.79 Å². The van der Waals surface area contributed by atoms with E-state index >= 15 is 0 Å². The van der Waals surface area contributed by atoms with Crippen molar-refractivity contribution in [1.82, 2.24) is 10.6 Å². The number of ether oxygens (including phenoxy) is 1. The van der Waals surface area contributed by atoms with Crippen molar-refractivity contribution < 1.29 is 14.3 Å². The molecule has 1 atom stereocenters. The zero-order valence-corrected chi connectivity index (χ0v) is 11.4. The molecule has 0 aromatic rings. The second kappa shape index (κ2) is 8.06. The minimum absolute atomic E-state index is 0.185. The summed E-state index contributed by atoms with van der Waals surface area (Å²) in [5, 5.41) is 5.68. The smallest absolute Gasteiger partial charge is 0.328 e. The maximum absolute atomic E-state index is 11.6. The van der Waals surface area contributed by atoms with Crippen LogP contribution < -0.4 is 10.6 Å². The van der Waals surface area contributed by atoms with E-state index in [1.54, 1.807) is 0 Å². The number of nitrogens with one attached hydrogen (secondary N) is 2. The normalized spacial score (nSPS) is 12.6. The lowest BCUT2D eigenvalue weighted by Gasteiger charge is -2.18. The summed E-state index contributed by atoms with van der Waals surface area (Å²) in [5.41, 5.74) is 0. The second-order valence-electron chi connectivity index (χ2n) is 4.81. The second-order valence-corrected chi connectivity index (χ2v) is 4.81. The first-order valence-electron chi connectivity index (χ1n) is 5.97. The SMILES string of the molecule is COC(=O)[C@H](CC(C)C)NC(=O)CNC(C)C. The predicted molar refractivity (Wildman–Crippen MR) is 66.5 cm³/mol. The van der Waals surface area contributed by atoms with Crippen molar-refractivity contribution in [3.8, 4) is 0 Å². The molecule has 0 aromatic carbocycles. The van der Waals surface area contributed by atoms with Crippen LogP contribution >= 0.6 is 0 Å². The highest BCUT2D eigenvalue weighted by Gasteiger charge is 2.22. The van der Waals surface area contributed by atoms with Gasteiger partial charge < -0.3 is 15.4 Å². The molecule has 1 amide bonds. The molecule has 0 radical (unpaired) electrons. The Hall–Kier alpha value is -1.10. The molecule has 0 aliphatic heterocycles. The molecule has 0 aliphatic rings. The molecule has 0 rings (SSSR count). The highest BCUT2D eigenvalue weighted by Crippen LogP contribution is 2.05. The third-order valence-corrected chi connectivity index (χ3v) is 2.20. The molecule has 2 N–H and O–H groups in total. The Labute approximate surface area is 103 Å². The van der Waals surface area contributed by atoms with Gasteiger partial charge in [0.1, 0.15) is 6.04 Å². The monoisotopic (exact) mass is 244 g/mol. The lowest BCUT2D eigenvalue weighted by atomic mass is 10.0. The largest absolute Gasteiger partial charge is 0.467 e. The van der Waals surface area contributed by atoms with E-state index in [1.165, 1.54) is 7.11 Å². The summed E-state index contributed by atoms with van der Waals surface area (Å²) >= 11 is 0. The van der Waals surface area contributed by atoms with Gasteiger partial charge in [-0.15, -0.1) is 0 Å². The quantitative estimate of drug-likeness (QED) is 0.647. The van der Waals surface area contributed by atoms with Gasteiger partial charge in [-0.2, -0.15) is 0 Å². The fraction of sp³-hybridized carbons (Fsp3) is 0.833. The molecule has 0 spiro atoms. The maximum Gasteiger partial charge on any atom is 0.328 e. The van der Waals surface area contributed by atoms with Gasteiger partial charge in [0.2, 0.25) is 5.91 Å². The molecule has 0 fully saturated rings. The minimum atomic E-state index is -0.554. The van der Waals surface area contributed by atoms with Crippen molar-refractivity contribution in [2.75, 3.05) is 13.7 Å². The van der Waals surface area contributed by atoms with Gasteiger partial charge in [-0.05, 0) is 12.3 Å². The standard InChI is InChI=1S/C12H24N2O3/c1-8(2)6-10(12(16)17-5)14-11(15)7-13-9(3)4/h8-10,13H,6-7H2,1-5H3,(H,14,15)/t10-/m0/s1. The van der Waals surface area contributed by atoms with E-state index < -0.39 is 12.0 Å². The molecule has 17 heavy (non-hydrogen) atoms. The average molecular weight is 244 g/mol. The molecular weight excluding hydrogens is 220 g/mol. The first-order chi connectivity index (χ1) is 7.86. The lowest BCUT2D eigenvalue weighted by Crippen LogP contribution is -2.46. The Bertz CT molecular complexity index is 252. The Balaban J connectivity index is 4.22. The number of esters is 1. The summed E-state index contributed by atoms with van der Waals surface area (Å²) in [4.78, 5) is 23.0. The zero-order chi connectivity index (χ0) is 13.4. The van der Waals surface area contributed by atoms with Crippen molar-refractivity contribution in [2.45, 2.75) is 46.2 Å². The fourth-order valence-electron chi connectivity index (χ4n) is 1.37. The van der Waals surface area contributed by atoms with Crippen LogP contribution in [0.1, 0.15) is 34.1 Å². The lowest BCUT2D eigenvalue weighted by molar-refractivity contribution is -0.145. The fourth-order valence-corrected chi connectivity index (χ4v) is 1.37. The van der Waals surface area contributed by atoms with Crippen molar-refractivity contribution in [1.29, 1.82) is 0 Å². The highest BCUT2D eigenvalue weighted by atomic mass is 16.5. The van der Waals surface area contributed by atoms with Gasteiger partial charge in [0.05, 0.1) is 13.7 Å². The molecule has 5 nitrogen and oxygen atoms in total. The van der Waals surface area contributed by atoms with Gasteiger partial charge in [-0.1, -0.05) is 27.7 Å². The minimum Gasteiger partial charge on any atom is -0.467 e. The number of rotatable bonds is 7. The van der Waals surface area contributed by atoms with Crippen LogP contribution in [0.5, 0.6) is 0 Å². The number of hydrogen-bond acceptors (Lipinski definition) is 4. The maximum atomic E-state index is 11.6. The van der Waals surface area contributed by atoms with E-state index in [0.29, 0.717) is 12.3 Å². The molecule has 0 saturated heterocycles. The van der Waals surface area contributed by atoms with Crippen LogP contribution in [0.4, 0.5) is 0 Å². The van der Waals surface area contributed by atoms with E-state index in [1.807, 2.05) is 27.7 Å². The topological polar surface area (TPSA) is 67.4 Å². The predicted octanol–water partition coefficient (Wildman–Crippen LogP) is 0.688. The van der Waals surface area contributed by atoms with Crippen molar-refractivity contribution >= 4 is 11.9 Å². The molecule has 0 saturated carbocycles. The van der Waals surface area contributed by atoms with Crippen LogP contribution in [0, 0.1) is 5.92 Å². The molecule has 0 bridgehead atoms. The van der Waals surface area contributed by atoms with Crippen LogP contribution in [0.25, 0.3) is 0 Å². The summed E-state index contributed by atoms with van der Waals surface area (Å²) in [6.45, 7) is 8.12. The number of carbonyl (C=O) groups excluding carboxylic acids is 2. The number of hydrogen-bond donors (Lipinski definition) is 2. The van der Waals surface area contributed by atoms with Crippen molar-refractivity contribution in [3.63, 3.8) is 0 Å². The van der Waals surface area contributed by atoms with E-state index in [0.717, 1.165) is 0 Å². The van der Waals surface area contributed by atoms with Crippen LogP contribution in [-0.4, -0.2) is 37.6 Å². The highest BCUT2D eigenvalue weighted by molar-refractivity contribution is 5.85. The summed E-state index contributed by atoms with van der Waals surface area (Å²) in [7, 11) is 1.33. The Kier molecular flexibility index (Phi) is 7.54. The first kappa shape index (κ1) is 15.9. The van der Waals surface area contributed by atoms with E-state index in [9.17, 15) is 9.59 Å². The van der Waals surface area contributed by atoms with E-state index in [2.05, 4.69) is 15.4 Å². The van der Waals surface area contributed by atoms with Crippen LogP contribution in [-0.2, 0) is 14.3 Å². The Morgan fingerprint density at radius 2 is 1.76 bits per heavy atom. The van der Waals surface area contributed by atoms with E-state index in [4.69, 9.17) is 0 Å². The third-order valence-electron chi connectivity index (χ3n) is 2.20. The van der Waals surface area contributed by atoms with E-state index in [-0.39, 0.29) is 18.5 Å². The van der Waals surface area contributed by atoms with Gasteiger partial charge >= 0.3 is 5.97 Å². The van der Waals surface area contributed by atoms with Crippen molar-refractivity contribution in [2.24, 2.45) is 5.92 Å². The first-order valence-corrected chi connectivity index (χ1v) is 5.97. The summed E-state index contributed by atoms with van der Waals surface area (Å²) in [6, 6.07) is -0.316. The third kappa shape index (κ3) is 7.74. The van der Waals surface area contributed by atoms with Gasteiger partial charge in [0.15, 0.2) is 0 Å². The number of carbonyl (C=O) groups is 2.